The molecule has 0 amide bonds. The van der Waals surface area contributed by atoms with Crippen LogP contribution in [0.25, 0.3) is 11.0 Å². The van der Waals surface area contributed by atoms with Crippen LogP contribution >= 0.6 is 0 Å². The number of rotatable bonds is 3. The largest absolute Gasteiger partial charge is 0.446 e. The molecule has 3 rings (SSSR count). The molecule has 0 spiro atoms. The maximum atomic E-state index is 12.8. The van der Waals surface area contributed by atoms with E-state index < -0.39 is 16.9 Å². The Balaban J connectivity index is 2.27. The van der Waals surface area contributed by atoms with Crippen LogP contribution < -0.4 is 5.46 Å². The number of fused-ring (bicyclic) bond motifs is 1. The topological polar surface area (TPSA) is 72.2 Å². The summed E-state index contributed by atoms with van der Waals surface area (Å²) < 4.78 is 26.8. The van der Waals surface area contributed by atoms with Crippen LogP contribution in [0.5, 0.6) is 0 Å². The quantitative estimate of drug-likeness (QED) is 0.742. The molecule has 22 heavy (non-hydrogen) atoms. The van der Waals surface area contributed by atoms with E-state index >= 15 is 0 Å². The molecule has 0 saturated heterocycles. The molecule has 1 aromatic carbocycles. The molecule has 0 aliphatic rings. The average molecular weight is 314 g/mol. The third-order valence-electron chi connectivity index (χ3n) is 3.59. The molecule has 7 heteroatoms. The zero-order valence-electron chi connectivity index (χ0n) is 12.3. The van der Waals surface area contributed by atoms with Crippen molar-refractivity contribution in [2.45, 2.75) is 18.6 Å². The smallest absolute Gasteiger partial charge is 0.322 e. The van der Waals surface area contributed by atoms with E-state index in [-0.39, 0.29) is 4.90 Å². The summed E-state index contributed by atoms with van der Waals surface area (Å²) in [5.74, 6) is 0. The van der Waals surface area contributed by atoms with Gasteiger partial charge in [0.1, 0.15) is 0 Å². The summed E-state index contributed by atoms with van der Waals surface area (Å²) in [6.07, 6.45) is 2.98. The highest BCUT2D eigenvalue weighted by Crippen LogP contribution is 2.20. The van der Waals surface area contributed by atoms with Crippen molar-refractivity contribution in [1.29, 1.82) is 0 Å². The van der Waals surface area contributed by atoms with Gasteiger partial charge in [-0.25, -0.2) is 17.4 Å². The summed E-state index contributed by atoms with van der Waals surface area (Å²) in [6.45, 7) is 2.72. The molecule has 0 saturated carbocycles. The summed E-state index contributed by atoms with van der Waals surface area (Å²) in [4.78, 5) is 4.36. The second-order valence-corrected chi connectivity index (χ2v) is 7.06. The first-order chi connectivity index (χ1) is 10.4. The van der Waals surface area contributed by atoms with Gasteiger partial charge in [0.05, 0.1) is 4.90 Å². The van der Waals surface area contributed by atoms with Crippen LogP contribution in [0.15, 0.2) is 53.7 Å². The zero-order valence-corrected chi connectivity index (χ0v) is 13.1. The third-order valence-corrected chi connectivity index (χ3v) is 5.25. The first kappa shape index (κ1) is 14.8. The van der Waals surface area contributed by atoms with Crippen molar-refractivity contribution >= 4 is 33.4 Å². The molecule has 1 N–H and O–H groups in total. The van der Waals surface area contributed by atoms with E-state index in [0.717, 1.165) is 9.54 Å². The number of aromatic nitrogens is 2. The zero-order chi connectivity index (χ0) is 15.9. The fraction of sp³-hybridized carbons (Fsp3) is 0.133. The molecule has 0 aliphatic heterocycles. The van der Waals surface area contributed by atoms with E-state index in [1.807, 2.05) is 6.92 Å². The second-order valence-electron chi connectivity index (χ2n) is 5.25. The summed E-state index contributed by atoms with van der Waals surface area (Å²) in [6, 6.07) is 10.1. The molecular formula is C15H15BN2O3S. The molecule has 0 bridgehead atoms. The SMILES string of the molecule is CB(O)c1cn(S(=O)(=O)c2ccc(C)cc2)c2ncccc12. The molecule has 0 radical (unpaired) electrons. The van der Waals surface area contributed by atoms with Crippen molar-refractivity contribution in [2.24, 2.45) is 0 Å². The van der Waals surface area contributed by atoms with Gasteiger partial charge in [0, 0.05) is 17.8 Å². The minimum Gasteiger partial charge on any atom is -0.446 e. The first-order valence-corrected chi connectivity index (χ1v) is 8.31. The van der Waals surface area contributed by atoms with E-state index in [9.17, 15) is 13.4 Å². The van der Waals surface area contributed by atoms with Crippen LogP contribution in [0.4, 0.5) is 0 Å². The minimum atomic E-state index is -3.75. The lowest BCUT2D eigenvalue weighted by molar-refractivity contribution is 0.588. The fourth-order valence-electron chi connectivity index (χ4n) is 2.39. The number of hydrogen-bond acceptors (Lipinski definition) is 4. The van der Waals surface area contributed by atoms with Crippen LogP contribution in [-0.2, 0) is 10.0 Å². The van der Waals surface area contributed by atoms with E-state index in [0.29, 0.717) is 16.5 Å². The van der Waals surface area contributed by atoms with Crippen LogP contribution in [0.3, 0.4) is 0 Å². The van der Waals surface area contributed by atoms with E-state index in [1.165, 1.54) is 12.4 Å². The molecule has 0 fully saturated rings. The second kappa shape index (κ2) is 5.26. The summed E-state index contributed by atoms with van der Waals surface area (Å²) in [5.41, 5.74) is 1.84. The molecule has 3 aromatic rings. The van der Waals surface area contributed by atoms with Gasteiger partial charge in [-0.1, -0.05) is 30.6 Å². The molecule has 0 aliphatic carbocycles. The normalized spacial score (nSPS) is 11.8. The predicted octanol–water partition coefficient (Wildman–Crippen LogP) is 1.40. The van der Waals surface area contributed by atoms with Crippen molar-refractivity contribution in [3.05, 3.63) is 54.4 Å². The van der Waals surface area contributed by atoms with Gasteiger partial charge in [-0.05, 0) is 30.6 Å². The molecule has 0 unspecified atom stereocenters. The number of nitrogens with zero attached hydrogens (tertiary/aromatic N) is 2. The van der Waals surface area contributed by atoms with Crippen LogP contribution in [-0.4, -0.2) is 29.3 Å². The molecule has 5 nitrogen and oxygen atoms in total. The van der Waals surface area contributed by atoms with E-state index in [2.05, 4.69) is 4.98 Å². The number of hydrogen-bond donors (Lipinski definition) is 1. The molecule has 2 aromatic heterocycles. The van der Waals surface area contributed by atoms with Gasteiger partial charge in [-0.3, -0.25) is 0 Å². The van der Waals surface area contributed by atoms with Crippen molar-refractivity contribution in [2.75, 3.05) is 0 Å². The standard InChI is InChI=1S/C15H15BN2O3S/c1-11-5-7-12(8-6-11)22(20,21)18-10-14(16(2)19)13-4-3-9-17-15(13)18/h3-10,19H,1-2H3. The lowest BCUT2D eigenvalue weighted by atomic mass is 9.64. The Morgan fingerprint density at radius 2 is 1.86 bits per heavy atom. The molecular weight excluding hydrogens is 299 g/mol. The average Bonchev–Trinajstić information content (AvgIpc) is 2.88. The number of pyridine rings is 1. The van der Waals surface area contributed by atoms with Gasteiger partial charge in [0.25, 0.3) is 10.0 Å². The lowest BCUT2D eigenvalue weighted by Gasteiger charge is -2.07. The highest BCUT2D eigenvalue weighted by Gasteiger charge is 2.24. The fourth-order valence-corrected chi connectivity index (χ4v) is 3.73. The lowest BCUT2D eigenvalue weighted by Crippen LogP contribution is -2.25. The Kier molecular flexibility index (Phi) is 3.54. The summed E-state index contributed by atoms with van der Waals surface area (Å²) >= 11 is 0. The highest BCUT2D eigenvalue weighted by molar-refractivity contribution is 7.90. The maximum absolute atomic E-state index is 12.8. The monoisotopic (exact) mass is 314 g/mol. The van der Waals surface area contributed by atoms with E-state index in [4.69, 9.17) is 0 Å². The number of aryl methyl sites for hydroxylation is 1. The summed E-state index contributed by atoms with van der Waals surface area (Å²) in [7, 11) is -3.75. The van der Waals surface area contributed by atoms with Gasteiger partial charge >= 0.3 is 6.92 Å². The summed E-state index contributed by atoms with van der Waals surface area (Å²) in [5, 5.41) is 10.5. The van der Waals surface area contributed by atoms with Gasteiger partial charge in [0.15, 0.2) is 5.65 Å². The van der Waals surface area contributed by atoms with Gasteiger partial charge in [-0.15, -0.1) is 0 Å². The Labute approximate surface area is 129 Å². The highest BCUT2D eigenvalue weighted by atomic mass is 32.2. The first-order valence-electron chi connectivity index (χ1n) is 6.87. The van der Waals surface area contributed by atoms with Gasteiger partial charge in [0.2, 0.25) is 0 Å². The van der Waals surface area contributed by atoms with Crippen molar-refractivity contribution in [3.8, 4) is 0 Å². The minimum absolute atomic E-state index is 0.192. The van der Waals surface area contributed by atoms with Gasteiger partial charge in [-0.2, -0.15) is 0 Å². The van der Waals surface area contributed by atoms with Crippen LogP contribution in [0, 0.1) is 6.92 Å². The van der Waals surface area contributed by atoms with Gasteiger partial charge < -0.3 is 5.02 Å². The van der Waals surface area contributed by atoms with Crippen molar-refractivity contribution < 1.29 is 13.4 Å². The van der Waals surface area contributed by atoms with Crippen molar-refractivity contribution in [1.82, 2.24) is 8.96 Å². The third kappa shape index (κ3) is 2.32. The van der Waals surface area contributed by atoms with Crippen molar-refractivity contribution in [3.63, 3.8) is 0 Å². The van der Waals surface area contributed by atoms with E-state index in [1.54, 1.807) is 43.2 Å². The number of benzene rings is 1. The Morgan fingerprint density at radius 3 is 2.50 bits per heavy atom. The predicted molar refractivity (Wildman–Crippen MR) is 87.0 cm³/mol. The Bertz CT molecular complexity index is 931. The van der Waals surface area contributed by atoms with Crippen LogP contribution in [0.2, 0.25) is 6.82 Å². The van der Waals surface area contributed by atoms with Crippen LogP contribution in [0.1, 0.15) is 5.56 Å². The molecule has 112 valence electrons. The maximum Gasteiger partial charge on any atom is 0.322 e. The Morgan fingerprint density at radius 1 is 1.18 bits per heavy atom. The molecule has 0 atom stereocenters. The molecule has 2 heterocycles. The Hall–Kier alpha value is -2.12.